The highest BCUT2D eigenvalue weighted by Crippen LogP contribution is 2.23. The number of carbonyl (C=O) groups is 1. The number of amides is 1. The second kappa shape index (κ2) is 9.29. The highest BCUT2D eigenvalue weighted by atomic mass is 35.5. The molecule has 0 unspecified atom stereocenters. The number of rotatable bonds is 7. The molecule has 0 aliphatic heterocycles. The summed E-state index contributed by atoms with van der Waals surface area (Å²) < 4.78 is 11.3. The lowest BCUT2D eigenvalue weighted by molar-refractivity contribution is 0.0950. The molecule has 0 saturated heterocycles. The van der Waals surface area contributed by atoms with E-state index in [1.54, 1.807) is 31.4 Å². The maximum Gasteiger partial charge on any atom is 0.251 e. The second-order valence-electron chi connectivity index (χ2n) is 6.41. The Kier molecular flexibility index (Phi) is 6.56. The molecule has 5 heteroatoms. The summed E-state index contributed by atoms with van der Waals surface area (Å²) in [5, 5.41) is 3.53. The van der Waals surface area contributed by atoms with E-state index in [4.69, 9.17) is 21.1 Å². The summed E-state index contributed by atoms with van der Waals surface area (Å²) in [4.78, 5) is 12.6. The molecule has 28 heavy (non-hydrogen) atoms. The largest absolute Gasteiger partial charge is 0.496 e. The molecule has 0 atom stereocenters. The maximum absolute atomic E-state index is 12.6. The zero-order chi connectivity index (χ0) is 19.9. The highest BCUT2D eigenvalue weighted by Gasteiger charge is 2.11. The average Bonchev–Trinajstić information content (AvgIpc) is 2.71. The van der Waals surface area contributed by atoms with Crippen LogP contribution in [0.4, 0.5) is 0 Å². The Morgan fingerprint density at radius 1 is 1.00 bits per heavy atom. The van der Waals surface area contributed by atoms with E-state index in [1.165, 1.54) is 0 Å². The molecule has 0 aromatic heterocycles. The topological polar surface area (TPSA) is 47.6 Å². The molecule has 0 bridgehead atoms. The first-order chi connectivity index (χ1) is 13.6. The third-order valence-electron chi connectivity index (χ3n) is 4.32. The quantitative estimate of drug-likeness (QED) is 0.600. The molecule has 0 spiro atoms. The van der Waals surface area contributed by atoms with Gasteiger partial charge in [-0.1, -0.05) is 41.9 Å². The third-order valence-corrected chi connectivity index (χ3v) is 4.69. The van der Waals surface area contributed by atoms with Crippen LogP contribution in [0.3, 0.4) is 0 Å². The van der Waals surface area contributed by atoms with Crippen LogP contribution in [-0.2, 0) is 13.2 Å². The fourth-order valence-corrected chi connectivity index (χ4v) is 3.02. The van der Waals surface area contributed by atoms with Crippen LogP contribution < -0.4 is 14.8 Å². The predicted octanol–water partition coefficient (Wildman–Crippen LogP) is 5.17. The van der Waals surface area contributed by atoms with Gasteiger partial charge in [-0.05, 0) is 54.4 Å². The zero-order valence-electron chi connectivity index (χ0n) is 15.9. The first-order valence-corrected chi connectivity index (χ1v) is 9.32. The van der Waals surface area contributed by atoms with Crippen molar-refractivity contribution in [2.75, 3.05) is 7.11 Å². The molecule has 1 amide bonds. The third kappa shape index (κ3) is 5.05. The number of hydrogen-bond donors (Lipinski definition) is 1. The molecule has 144 valence electrons. The minimum atomic E-state index is -0.181. The van der Waals surface area contributed by atoms with Gasteiger partial charge in [0.2, 0.25) is 0 Å². The van der Waals surface area contributed by atoms with Crippen molar-refractivity contribution in [2.45, 2.75) is 20.1 Å². The average molecular weight is 396 g/mol. The van der Waals surface area contributed by atoms with Gasteiger partial charge in [-0.15, -0.1) is 0 Å². The van der Waals surface area contributed by atoms with Crippen LogP contribution in [0.5, 0.6) is 11.5 Å². The van der Waals surface area contributed by atoms with Gasteiger partial charge in [0.15, 0.2) is 0 Å². The van der Waals surface area contributed by atoms with Crippen molar-refractivity contribution in [3.8, 4) is 11.5 Å². The lowest BCUT2D eigenvalue weighted by Crippen LogP contribution is -2.23. The Morgan fingerprint density at radius 2 is 1.82 bits per heavy atom. The number of hydrogen-bond acceptors (Lipinski definition) is 3. The van der Waals surface area contributed by atoms with Gasteiger partial charge in [0.05, 0.1) is 7.11 Å². The van der Waals surface area contributed by atoms with E-state index in [-0.39, 0.29) is 5.91 Å². The molecule has 0 fully saturated rings. The first kappa shape index (κ1) is 19.8. The summed E-state index contributed by atoms with van der Waals surface area (Å²) in [6.07, 6.45) is 0. The Balaban J connectivity index is 1.70. The van der Waals surface area contributed by atoms with Crippen molar-refractivity contribution in [1.82, 2.24) is 5.32 Å². The minimum Gasteiger partial charge on any atom is -0.496 e. The van der Waals surface area contributed by atoms with E-state index >= 15 is 0 Å². The second-order valence-corrected chi connectivity index (χ2v) is 6.81. The van der Waals surface area contributed by atoms with Gasteiger partial charge in [0.1, 0.15) is 18.1 Å². The van der Waals surface area contributed by atoms with Crippen molar-refractivity contribution in [1.29, 1.82) is 0 Å². The minimum absolute atomic E-state index is 0.181. The Bertz CT molecular complexity index is 972. The predicted molar refractivity (Wildman–Crippen MR) is 111 cm³/mol. The van der Waals surface area contributed by atoms with Crippen LogP contribution in [0, 0.1) is 6.92 Å². The van der Waals surface area contributed by atoms with E-state index in [0.29, 0.717) is 29.5 Å². The van der Waals surface area contributed by atoms with E-state index in [1.807, 2.05) is 49.4 Å². The fourth-order valence-electron chi connectivity index (χ4n) is 2.82. The van der Waals surface area contributed by atoms with Crippen LogP contribution in [-0.4, -0.2) is 13.0 Å². The van der Waals surface area contributed by atoms with Gasteiger partial charge in [0, 0.05) is 22.7 Å². The van der Waals surface area contributed by atoms with E-state index < -0.39 is 0 Å². The van der Waals surface area contributed by atoms with Gasteiger partial charge in [-0.2, -0.15) is 0 Å². The molecule has 1 N–H and O–H groups in total. The van der Waals surface area contributed by atoms with Crippen molar-refractivity contribution in [3.63, 3.8) is 0 Å². The standard InChI is InChI=1S/C23H22ClNO3/c1-16-6-5-8-20(12-16)28-15-19-13-17(10-11-22(19)27-2)23(26)25-14-18-7-3-4-9-21(18)24/h3-13H,14-15H2,1-2H3,(H,25,26). The molecule has 0 heterocycles. The van der Waals surface area contributed by atoms with Gasteiger partial charge in [-0.25, -0.2) is 0 Å². The Morgan fingerprint density at radius 3 is 2.57 bits per heavy atom. The molecule has 0 aliphatic rings. The summed E-state index contributed by atoms with van der Waals surface area (Å²) in [5.74, 6) is 1.27. The van der Waals surface area contributed by atoms with Crippen LogP contribution in [0.15, 0.2) is 66.7 Å². The van der Waals surface area contributed by atoms with Crippen LogP contribution in [0.2, 0.25) is 5.02 Å². The van der Waals surface area contributed by atoms with E-state index in [9.17, 15) is 4.79 Å². The smallest absolute Gasteiger partial charge is 0.251 e. The van der Waals surface area contributed by atoms with Gasteiger partial charge in [0.25, 0.3) is 5.91 Å². The molecule has 0 saturated carbocycles. The lowest BCUT2D eigenvalue weighted by Gasteiger charge is -2.13. The fraction of sp³-hybridized carbons (Fsp3) is 0.174. The molecule has 3 aromatic rings. The zero-order valence-corrected chi connectivity index (χ0v) is 16.6. The van der Waals surface area contributed by atoms with Gasteiger partial charge >= 0.3 is 0 Å². The molecule has 0 radical (unpaired) electrons. The number of aryl methyl sites for hydroxylation is 1. The van der Waals surface area contributed by atoms with Gasteiger partial charge < -0.3 is 14.8 Å². The molecular weight excluding hydrogens is 374 g/mol. The lowest BCUT2D eigenvalue weighted by atomic mass is 10.1. The first-order valence-electron chi connectivity index (χ1n) is 8.95. The molecule has 0 aliphatic carbocycles. The molecule has 3 rings (SSSR count). The summed E-state index contributed by atoms with van der Waals surface area (Å²) in [6.45, 7) is 2.68. The monoisotopic (exact) mass is 395 g/mol. The van der Waals surface area contributed by atoms with Crippen molar-refractivity contribution in [3.05, 3.63) is 94.0 Å². The van der Waals surface area contributed by atoms with Crippen LogP contribution in [0.25, 0.3) is 0 Å². The number of benzene rings is 3. The van der Waals surface area contributed by atoms with E-state index in [0.717, 1.165) is 22.4 Å². The maximum atomic E-state index is 12.6. The SMILES string of the molecule is COc1ccc(C(=O)NCc2ccccc2Cl)cc1COc1cccc(C)c1. The van der Waals surface area contributed by atoms with Crippen molar-refractivity contribution in [2.24, 2.45) is 0 Å². The van der Waals surface area contributed by atoms with E-state index in [2.05, 4.69) is 5.32 Å². The number of ether oxygens (including phenoxy) is 2. The van der Waals surface area contributed by atoms with Crippen molar-refractivity contribution >= 4 is 17.5 Å². The van der Waals surface area contributed by atoms with Crippen LogP contribution >= 0.6 is 11.6 Å². The van der Waals surface area contributed by atoms with Crippen LogP contribution in [0.1, 0.15) is 27.0 Å². The number of carbonyl (C=O) groups excluding carboxylic acids is 1. The number of methoxy groups -OCH3 is 1. The summed E-state index contributed by atoms with van der Waals surface area (Å²) in [5.41, 5.74) is 3.33. The summed E-state index contributed by atoms with van der Waals surface area (Å²) >= 11 is 6.14. The number of nitrogens with one attached hydrogen (secondary N) is 1. The summed E-state index contributed by atoms with van der Waals surface area (Å²) in [7, 11) is 1.60. The molecule has 4 nitrogen and oxygen atoms in total. The molecular formula is C23H22ClNO3. The van der Waals surface area contributed by atoms with Gasteiger partial charge in [-0.3, -0.25) is 4.79 Å². The summed E-state index contributed by atoms with van der Waals surface area (Å²) in [6, 6.07) is 20.6. The Labute approximate surface area is 170 Å². The number of halogens is 1. The normalized spacial score (nSPS) is 10.4. The highest BCUT2D eigenvalue weighted by molar-refractivity contribution is 6.31. The molecule has 3 aromatic carbocycles. The van der Waals surface area contributed by atoms with Crippen molar-refractivity contribution < 1.29 is 14.3 Å². The Hall–Kier alpha value is -2.98.